The molecule has 0 saturated heterocycles. The van der Waals surface area contributed by atoms with Crippen molar-refractivity contribution < 1.29 is 0 Å². The van der Waals surface area contributed by atoms with Crippen LogP contribution in [-0.4, -0.2) is 15.2 Å². The largest absolute Gasteiger partial charge is 0.324 e. The maximum absolute atomic E-state index is 5.57. The molecule has 4 aliphatic rings. The number of nitrogens with zero attached hydrogens (tertiary/aromatic N) is 2. The Morgan fingerprint density at radius 3 is 2.26 bits per heavy atom. The molecule has 0 unspecified atom stereocenters. The molecule has 0 spiro atoms. The lowest BCUT2D eigenvalue weighted by Gasteiger charge is -2.57. The lowest BCUT2D eigenvalue weighted by Crippen LogP contribution is -2.46. The van der Waals surface area contributed by atoms with Gasteiger partial charge in [0.1, 0.15) is 5.82 Å². The minimum absolute atomic E-state index is 0.463. The SMILES string of the molecule is NCc1nc(CCC23CC4CC(CC(C4)C2)C3)n[nH]1. The predicted octanol–water partition coefficient (Wildman–Crippen LogP) is 2.41. The van der Waals surface area contributed by atoms with Crippen LogP contribution in [0.2, 0.25) is 0 Å². The van der Waals surface area contributed by atoms with Crippen molar-refractivity contribution >= 4 is 0 Å². The fourth-order valence-electron chi connectivity index (χ4n) is 5.51. The highest BCUT2D eigenvalue weighted by Gasteiger charge is 2.50. The minimum Gasteiger partial charge on any atom is -0.324 e. The van der Waals surface area contributed by atoms with Crippen LogP contribution in [0, 0.1) is 23.2 Å². The number of aromatic nitrogens is 3. The first-order valence-corrected chi connectivity index (χ1v) is 7.85. The lowest BCUT2D eigenvalue weighted by molar-refractivity contribution is -0.0571. The van der Waals surface area contributed by atoms with Gasteiger partial charge in [-0.05, 0) is 68.1 Å². The quantitative estimate of drug-likeness (QED) is 0.873. The van der Waals surface area contributed by atoms with E-state index in [2.05, 4.69) is 15.2 Å². The molecule has 0 radical (unpaired) electrons. The van der Waals surface area contributed by atoms with Crippen LogP contribution in [0.1, 0.15) is 56.6 Å². The van der Waals surface area contributed by atoms with Gasteiger partial charge < -0.3 is 5.73 Å². The summed E-state index contributed by atoms with van der Waals surface area (Å²) in [7, 11) is 0. The van der Waals surface area contributed by atoms with Crippen LogP contribution in [-0.2, 0) is 13.0 Å². The van der Waals surface area contributed by atoms with Gasteiger partial charge in [-0.3, -0.25) is 5.10 Å². The van der Waals surface area contributed by atoms with Gasteiger partial charge in [-0.15, -0.1) is 0 Å². The van der Waals surface area contributed by atoms with Crippen molar-refractivity contribution in [2.24, 2.45) is 28.9 Å². The molecule has 0 aliphatic heterocycles. The van der Waals surface area contributed by atoms with Crippen molar-refractivity contribution in [2.75, 3.05) is 0 Å². The Morgan fingerprint density at radius 2 is 1.74 bits per heavy atom. The average molecular weight is 260 g/mol. The second kappa shape index (κ2) is 4.30. The van der Waals surface area contributed by atoms with Gasteiger partial charge >= 0.3 is 0 Å². The average Bonchev–Trinajstić information content (AvgIpc) is 2.83. The molecule has 4 bridgehead atoms. The molecule has 4 heteroatoms. The Morgan fingerprint density at radius 1 is 1.11 bits per heavy atom. The highest BCUT2D eigenvalue weighted by molar-refractivity contribution is 5.02. The molecule has 4 saturated carbocycles. The highest BCUT2D eigenvalue weighted by Crippen LogP contribution is 2.61. The van der Waals surface area contributed by atoms with E-state index >= 15 is 0 Å². The predicted molar refractivity (Wildman–Crippen MR) is 73.2 cm³/mol. The second-order valence-electron chi connectivity index (χ2n) is 7.32. The van der Waals surface area contributed by atoms with Crippen LogP contribution >= 0.6 is 0 Å². The summed E-state index contributed by atoms with van der Waals surface area (Å²) in [6.07, 6.45) is 11.3. The molecular weight excluding hydrogens is 236 g/mol. The molecule has 5 rings (SSSR count). The Hall–Kier alpha value is -0.900. The number of aromatic amines is 1. The van der Waals surface area contributed by atoms with E-state index < -0.39 is 0 Å². The van der Waals surface area contributed by atoms with E-state index in [1.165, 1.54) is 44.9 Å². The molecule has 1 aromatic heterocycles. The first-order valence-electron chi connectivity index (χ1n) is 7.85. The number of nitrogens with two attached hydrogens (primary N) is 1. The van der Waals surface area contributed by atoms with Gasteiger partial charge in [0.15, 0.2) is 5.82 Å². The summed E-state index contributed by atoms with van der Waals surface area (Å²) in [5.41, 5.74) is 6.21. The fraction of sp³-hybridized carbons (Fsp3) is 0.867. The molecule has 4 fully saturated rings. The summed E-state index contributed by atoms with van der Waals surface area (Å²) in [4.78, 5) is 4.45. The summed E-state index contributed by atoms with van der Waals surface area (Å²) >= 11 is 0. The van der Waals surface area contributed by atoms with Crippen LogP contribution in [0.5, 0.6) is 0 Å². The maximum Gasteiger partial charge on any atom is 0.150 e. The molecule has 1 aromatic rings. The van der Waals surface area contributed by atoms with E-state index in [4.69, 9.17) is 5.73 Å². The minimum atomic E-state index is 0.463. The van der Waals surface area contributed by atoms with Crippen molar-refractivity contribution in [1.29, 1.82) is 0 Å². The summed E-state index contributed by atoms with van der Waals surface area (Å²) in [6.45, 7) is 0.463. The Balaban J connectivity index is 1.44. The number of hydrogen-bond acceptors (Lipinski definition) is 3. The number of rotatable bonds is 4. The van der Waals surface area contributed by atoms with E-state index in [0.29, 0.717) is 12.0 Å². The van der Waals surface area contributed by atoms with Crippen LogP contribution < -0.4 is 5.73 Å². The molecule has 0 amide bonds. The zero-order chi connectivity index (χ0) is 12.9. The maximum atomic E-state index is 5.57. The van der Waals surface area contributed by atoms with Crippen LogP contribution in [0.4, 0.5) is 0 Å². The third-order valence-electron chi connectivity index (χ3n) is 5.82. The monoisotopic (exact) mass is 260 g/mol. The third-order valence-corrected chi connectivity index (χ3v) is 5.82. The fourth-order valence-corrected chi connectivity index (χ4v) is 5.51. The van der Waals surface area contributed by atoms with Gasteiger partial charge in [0.2, 0.25) is 0 Å². The Labute approximate surface area is 114 Å². The van der Waals surface area contributed by atoms with Crippen LogP contribution in [0.25, 0.3) is 0 Å². The van der Waals surface area contributed by atoms with Gasteiger partial charge in [-0.2, -0.15) is 5.10 Å². The lowest BCUT2D eigenvalue weighted by atomic mass is 9.48. The molecule has 104 valence electrons. The van der Waals surface area contributed by atoms with Gasteiger partial charge in [-0.1, -0.05) is 0 Å². The van der Waals surface area contributed by atoms with Gasteiger partial charge in [0.05, 0.1) is 6.54 Å². The number of nitrogens with one attached hydrogen (secondary N) is 1. The van der Waals surface area contributed by atoms with Crippen molar-refractivity contribution in [1.82, 2.24) is 15.2 Å². The summed E-state index contributed by atoms with van der Waals surface area (Å²) in [5, 5.41) is 7.22. The number of H-pyrrole nitrogens is 1. The third kappa shape index (κ3) is 2.10. The number of aryl methyl sites for hydroxylation is 1. The van der Waals surface area contributed by atoms with E-state index in [9.17, 15) is 0 Å². The summed E-state index contributed by atoms with van der Waals surface area (Å²) in [5.74, 6) is 4.91. The zero-order valence-corrected chi connectivity index (χ0v) is 11.6. The van der Waals surface area contributed by atoms with E-state index in [-0.39, 0.29) is 0 Å². The summed E-state index contributed by atoms with van der Waals surface area (Å²) in [6, 6.07) is 0. The number of hydrogen-bond donors (Lipinski definition) is 2. The molecule has 4 nitrogen and oxygen atoms in total. The zero-order valence-electron chi connectivity index (χ0n) is 11.6. The Kier molecular flexibility index (Phi) is 2.69. The molecule has 0 aromatic carbocycles. The topological polar surface area (TPSA) is 67.6 Å². The normalized spacial score (nSPS) is 39.9. The molecular formula is C15H24N4. The van der Waals surface area contributed by atoms with Crippen LogP contribution in [0.15, 0.2) is 0 Å². The van der Waals surface area contributed by atoms with Crippen molar-refractivity contribution in [3.05, 3.63) is 11.6 Å². The van der Waals surface area contributed by atoms with E-state index in [0.717, 1.165) is 35.8 Å². The summed E-state index contributed by atoms with van der Waals surface area (Å²) < 4.78 is 0. The second-order valence-corrected chi connectivity index (χ2v) is 7.32. The standard InChI is InChI=1S/C15H24N4/c16-9-14-17-13(18-19-14)1-2-15-6-10-3-11(7-15)5-12(4-10)8-15/h10-12H,1-9,16H2,(H,17,18,19). The molecule has 0 atom stereocenters. The van der Waals surface area contributed by atoms with Gasteiger partial charge in [0, 0.05) is 6.42 Å². The highest BCUT2D eigenvalue weighted by atomic mass is 15.2. The van der Waals surface area contributed by atoms with Crippen LogP contribution in [0.3, 0.4) is 0 Å². The van der Waals surface area contributed by atoms with Gasteiger partial charge in [-0.25, -0.2) is 4.98 Å². The Bertz CT molecular complexity index is 429. The van der Waals surface area contributed by atoms with E-state index in [1.807, 2.05) is 0 Å². The van der Waals surface area contributed by atoms with Crippen molar-refractivity contribution in [3.63, 3.8) is 0 Å². The smallest absolute Gasteiger partial charge is 0.150 e. The molecule has 4 aliphatic carbocycles. The molecule has 19 heavy (non-hydrogen) atoms. The molecule has 1 heterocycles. The first-order chi connectivity index (χ1) is 9.25. The van der Waals surface area contributed by atoms with E-state index in [1.54, 1.807) is 0 Å². The first kappa shape index (κ1) is 11.9. The van der Waals surface area contributed by atoms with Crippen molar-refractivity contribution in [2.45, 2.75) is 57.9 Å². The van der Waals surface area contributed by atoms with Crippen molar-refractivity contribution in [3.8, 4) is 0 Å². The molecule has 3 N–H and O–H groups in total. The van der Waals surface area contributed by atoms with Gasteiger partial charge in [0.25, 0.3) is 0 Å².